The van der Waals surface area contributed by atoms with Crippen LogP contribution in [0.2, 0.25) is 0 Å². The number of methoxy groups -OCH3 is 3. The van der Waals surface area contributed by atoms with E-state index in [4.69, 9.17) is 14.2 Å². The molecule has 2 heterocycles. The zero-order valence-electron chi connectivity index (χ0n) is 18.8. The number of hydrogen-bond donors (Lipinski definition) is 0. The van der Waals surface area contributed by atoms with Gasteiger partial charge >= 0.3 is 6.55 Å². The van der Waals surface area contributed by atoms with Crippen LogP contribution in [-0.4, -0.2) is 74.9 Å². The number of rotatable bonds is 8. The van der Waals surface area contributed by atoms with Crippen molar-refractivity contribution in [3.8, 4) is 17.2 Å². The van der Waals surface area contributed by atoms with E-state index in [1.54, 1.807) is 14.2 Å². The van der Waals surface area contributed by atoms with Crippen molar-refractivity contribution >= 4 is 10.0 Å². The normalized spacial score (nSPS) is 15.9. The fourth-order valence-electron chi connectivity index (χ4n) is 3.95. The number of piperazine rings is 1. The highest BCUT2D eigenvalue weighted by atomic mass is 32.2. The van der Waals surface area contributed by atoms with Gasteiger partial charge in [0.1, 0.15) is 4.90 Å². The van der Waals surface area contributed by atoms with E-state index in [2.05, 4.69) is 10.00 Å². The summed E-state index contributed by atoms with van der Waals surface area (Å²) in [6.07, 6.45) is 0. The molecule has 0 atom stereocenters. The van der Waals surface area contributed by atoms with E-state index in [0.717, 1.165) is 5.56 Å². The second-order valence-corrected chi connectivity index (χ2v) is 9.31. The van der Waals surface area contributed by atoms with Crippen molar-refractivity contribution in [2.24, 2.45) is 0 Å². The second kappa shape index (κ2) is 9.59. The zero-order chi connectivity index (χ0) is 23.6. The number of aryl methyl sites for hydroxylation is 1. The minimum absolute atomic E-state index is 0.0580. The lowest BCUT2D eigenvalue weighted by molar-refractivity contribution is 0.0538. The van der Waals surface area contributed by atoms with E-state index < -0.39 is 16.6 Å². The van der Waals surface area contributed by atoms with E-state index in [0.29, 0.717) is 41.6 Å². The summed E-state index contributed by atoms with van der Waals surface area (Å²) in [5, 5.41) is 3.70. The van der Waals surface area contributed by atoms with Gasteiger partial charge in [-0.1, -0.05) is 0 Å². The number of hydrogen-bond acceptors (Lipinski definition) is 7. The number of sulfonamides is 1. The number of halogens is 2. The smallest absolute Gasteiger partial charge is 0.333 e. The molecule has 2 aromatic rings. The molecule has 1 aromatic heterocycles. The number of nitrogens with zero attached hydrogens (tertiary/aromatic N) is 4. The molecule has 178 valence electrons. The molecule has 0 N–H and O–H groups in total. The Kier molecular flexibility index (Phi) is 7.25. The lowest BCUT2D eigenvalue weighted by atomic mass is 10.1. The van der Waals surface area contributed by atoms with E-state index in [1.165, 1.54) is 25.3 Å². The summed E-state index contributed by atoms with van der Waals surface area (Å²) in [7, 11) is 0.700. The van der Waals surface area contributed by atoms with Crippen molar-refractivity contribution in [3.05, 3.63) is 29.1 Å². The Morgan fingerprint density at radius 3 is 2.00 bits per heavy atom. The minimum atomic E-state index is -3.93. The van der Waals surface area contributed by atoms with Gasteiger partial charge in [0.15, 0.2) is 11.5 Å². The molecule has 1 aliphatic heterocycles. The Bertz CT molecular complexity index is 1040. The third kappa shape index (κ3) is 4.52. The summed E-state index contributed by atoms with van der Waals surface area (Å²) in [5.74, 6) is 1.60. The molecule has 0 bridgehead atoms. The quantitative estimate of drug-likeness (QED) is 0.581. The molecule has 0 spiro atoms. The average Bonchev–Trinajstić information content (AvgIpc) is 3.08. The summed E-state index contributed by atoms with van der Waals surface area (Å²) in [4.78, 5) is 1.96. The molecule has 1 aliphatic rings. The topological polar surface area (TPSA) is 86.1 Å². The number of alkyl halides is 2. The summed E-state index contributed by atoms with van der Waals surface area (Å²) in [5.41, 5.74) is 0.945. The summed E-state index contributed by atoms with van der Waals surface area (Å²) < 4.78 is 70.4. The molecule has 1 aromatic carbocycles. The third-order valence-electron chi connectivity index (χ3n) is 5.50. The highest BCUT2D eigenvalue weighted by molar-refractivity contribution is 7.89. The molecule has 1 fully saturated rings. The van der Waals surface area contributed by atoms with Gasteiger partial charge in [0.25, 0.3) is 0 Å². The van der Waals surface area contributed by atoms with E-state index in [9.17, 15) is 17.2 Å². The minimum Gasteiger partial charge on any atom is -0.493 e. The second-order valence-electron chi connectivity index (χ2n) is 7.44. The molecule has 0 radical (unpaired) electrons. The molecule has 0 unspecified atom stereocenters. The molecule has 0 amide bonds. The number of aromatic nitrogens is 2. The Balaban J connectivity index is 1.73. The fraction of sp³-hybridized carbons (Fsp3) is 0.550. The first-order chi connectivity index (χ1) is 15.1. The molecule has 32 heavy (non-hydrogen) atoms. The van der Waals surface area contributed by atoms with Gasteiger partial charge in [0.2, 0.25) is 15.8 Å². The van der Waals surface area contributed by atoms with Crippen molar-refractivity contribution in [1.29, 1.82) is 0 Å². The first kappa shape index (κ1) is 24.2. The maximum atomic E-state index is 13.1. The number of benzene rings is 1. The van der Waals surface area contributed by atoms with Crippen molar-refractivity contribution in [2.45, 2.75) is 31.8 Å². The van der Waals surface area contributed by atoms with Crippen LogP contribution in [0.1, 0.15) is 23.5 Å². The molecule has 0 saturated carbocycles. The van der Waals surface area contributed by atoms with Gasteiger partial charge in [-0.05, 0) is 31.5 Å². The standard InChI is InChI=1S/C20H28F2N4O5S/c1-13-19(14(2)26(23-13)20(21)22)32(27,28)25-8-6-24(7-9-25)12-15-10-16(29-3)18(31-5)17(11-15)30-4/h10-11,20H,6-9,12H2,1-5H3. The summed E-state index contributed by atoms with van der Waals surface area (Å²) in [6, 6.07) is 3.71. The van der Waals surface area contributed by atoms with Crippen LogP contribution in [0.3, 0.4) is 0 Å². The van der Waals surface area contributed by atoms with Gasteiger partial charge in [0, 0.05) is 32.7 Å². The van der Waals surface area contributed by atoms with Crippen LogP contribution in [0.4, 0.5) is 8.78 Å². The number of ether oxygens (including phenoxy) is 3. The molecule has 3 rings (SSSR count). The predicted octanol–water partition coefficient (Wildman–Crippen LogP) is 2.43. The van der Waals surface area contributed by atoms with Crippen LogP contribution in [-0.2, 0) is 16.6 Å². The van der Waals surface area contributed by atoms with Gasteiger partial charge in [-0.3, -0.25) is 4.90 Å². The van der Waals surface area contributed by atoms with Gasteiger partial charge < -0.3 is 14.2 Å². The van der Waals surface area contributed by atoms with Gasteiger partial charge in [0.05, 0.1) is 32.7 Å². The zero-order valence-corrected chi connectivity index (χ0v) is 19.6. The highest BCUT2D eigenvalue weighted by Crippen LogP contribution is 2.38. The SMILES string of the molecule is COc1cc(CN2CCN(S(=O)(=O)c3c(C)nn(C(F)F)c3C)CC2)cc(OC)c1OC. The van der Waals surface area contributed by atoms with Crippen LogP contribution in [0.15, 0.2) is 17.0 Å². The molecular weight excluding hydrogens is 446 g/mol. The maximum absolute atomic E-state index is 13.1. The van der Waals surface area contributed by atoms with Crippen molar-refractivity contribution in [3.63, 3.8) is 0 Å². The largest absolute Gasteiger partial charge is 0.493 e. The highest BCUT2D eigenvalue weighted by Gasteiger charge is 2.34. The molecule has 0 aliphatic carbocycles. The van der Waals surface area contributed by atoms with E-state index >= 15 is 0 Å². The Hall–Kier alpha value is -2.44. The molecule has 9 nitrogen and oxygen atoms in total. The van der Waals surface area contributed by atoms with Crippen molar-refractivity contribution < 1.29 is 31.4 Å². The van der Waals surface area contributed by atoms with Crippen LogP contribution in [0, 0.1) is 13.8 Å². The van der Waals surface area contributed by atoms with Gasteiger partial charge in [-0.25, -0.2) is 13.1 Å². The summed E-state index contributed by atoms with van der Waals surface area (Å²) >= 11 is 0. The van der Waals surface area contributed by atoms with Crippen LogP contribution >= 0.6 is 0 Å². The van der Waals surface area contributed by atoms with Crippen LogP contribution in [0.25, 0.3) is 0 Å². The lowest BCUT2D eigenvalue weighted by Gasteiger charge is -2.34. The van der Waals surface area contributed by atoms with E-state index in [-0.39, 0.29) is 29.4 Å². The Morgan fingerprint density at radius 2 is 1.56 bits per heavy atom. The monoisotopic (exact) mass is 474 g/mol. The average molecular weight is 475 g/mol. The van der Waals surface area contributed by atoms with Crippen molar-refractivity contribution in [2.75, 3.05) is 47.5 Å². The summed E-state index contributed by atoms with van der Waals surface area (Å²) in [6.45, 7) is 1.89. The Morgan fingerprint density at radius 1 is 1.00 bits per heavy atom. The fourth-order valence-corrected chi connectivity index (χ4v) is 5.74. The van der Waals surface area contributed by atoms with Crippen molar-refractivity contribution in [1.82, 2.24) is 19.0 Å². The van der Waals surface area contributed by atoms with Crippen LogP contribution in [0.5, 0.6) is 17.2 Å². The first-order valence-corrected chi connectivity index (χ1v) is 11.4. The molecule has 1 saturated heterocycles. The maximum Gasteiger partial charge on any atom is 0.333 e. The van der Waals surface area contributed by atoms with Crippen LogP contribution < -0.4 is 14.2 Å². The lowest BCUT2D eigenvalue weighted by Crippen LogP contribution is -2.48. The molecular formula is C20H28F2N4O5S. The van der Waals surface area contributed by atoms with Gasteiger partial charge in [-0.15, -0.1) is 0 Å². The molecule has 12 heteroatoms. The Labute approximate surface area is 186 Å². The predicted molar refractivity (Wildman–Crippen MR) is 113 cm³/mol. The first-order valence-electron chi connectivity index (χ1n) is 9.99. The van der Waals surface area contributed by atoms with Gasteiger partial charge in [-0.2, -0.15) is 18.2 Å². The van der Waals surface area contributed by atoms with E-state index in [1.807, 2.05) is 12.1 Å². The third-order valence-corrected chi connectivity index (χ3v) is 7.66.